The van der Waals surface area contributed by atoms with E-state index in [1.807, 2.05) is 76.2 Å². The number of nitrogens with zero attached hydrogens (tertiary/aromatic N) is 2. The number of benzene rings is 4. The quantitative estimate of drug-likeness (QED) is 0.0669. The van der Waals surface area contributed by atoms with E-state index in [2.05, 4.69) is 31.4 Å². The van der Waals surface area contributed by atoms with Crippen LogP contribution in [0.4, 0.5) is 11.4 Å². The highest BCUT2D eigenvalue weighted by molar-refractivity contribution is 9.10. The molecule has 0 bridgehead atoms. The predicted molar refractivity (Wildman–Crippen MR) is 263 cm³/mol. The summed E-state index contributed by atoms with van der Waals surface area (Å²) in [5.74, 6) is 1.36. The average Bonchev–Trinajstić information content (AvgIpc) is 3.87. The van der Waals surface area contributed by atoms with Crippen LogP contribution in [0.5, 0.6) is 0 Å². The second-order valence-electron chi connectivity index (χ2n) is 18.1. The van der Waals surface area contributed by atoms with Crippen LogP contribution >= 0.6 is 15.9 Å². The maximum absolute atomic E-state index is 10.8. The van der Waals surface area contributed by atoms with Crippen LogP contribution in [0, 0.1) is 20.2 Å². The molecule has 3 heterocycles. The van der Waals surface area contributed by atoms with Crippen LogP contribution in [-0.4, -0.2) is 86.5 Å². The summed E-state index contributed by atoms with van der Waals surface area (Å²) in [6.07, 6.45) is 0. The average molecular weight is 957 g/mol. The molecular weight excluding hydrogens is 897 g/mol. The summed E-state index contributed by atoms with van der Waals surface area (Å²) in [5, 5.41) is 59.7. The Morgan fingerprint density at radius 2 is 0.877 bits per heavy atom. The molecule has 2 aromatic heterocycles. The second-order valence-corrected chi connectivity index (χ2v) is 19.0. The highest BCUT2D eigenvalue weighted by Crippen LogP contribution is 2.37. The molecule has 0 spiro atoms. The van der Waals surface area contributed by atoms with E-state index in [4.69, 9.17) is 38.6 Å². The lowest BCUT2D eigenvalue weighted by Crippen LogP contribution is -2.44. The van der Waals surface area contributed by atoms with Crippen molar-refractivity contribution in [2.45, 2.75) is 124 Å². The van der Waals surface area contributed by atoms with E-state index in [-0.39, 0.29) is 18.8 Å². The molecule has 1 aliphatic heterocycles. The van der Waals surface area contributed by atoms with Gasteiger partial charge in [-0.2, -0.15) is 0 Å². The van der Waals surface area contributed by atoms with Gasteiger partial charge in [-0.1, -0.05) is 35.5 Å². The monoisotopic (exact) mass is 956 g/mol. The Balaban J connectivity index is 0.000000332. The molecule has 1 saturated heterocycles. The smallest absolute Gasteiger partial charge is 0.456 e. The number of rotatable bonds is 7. The van der Waals surface area contributed by atoms with E-state index in [0.717, 1.165) is 43.0 Å². The number of nitro groups is 2. The van der Waals surface area contributed by atoms with Gasteiger partial charge in [0, 0.05) is 66.1 Å². The van der Waals surface area contributed by atoms with Crippen molar-refractivity contribution in [1.82, 2.24) is 0 Å². The minimum Gasteiger partial charge on any atom is -0.456 e. The number of halogens is 1. The zero-order valence-corrected chi connectivity index (χ0v) is 39.9. The van der Waals surface area contributed by atoms with Gasteiger partial charge in [0.05, 0.1) is 43.5 Å². The fourth-order valence-electron chi connectivity index (χ4n) is 4.98. The molecule has 7 rings (SSSR count). The molecule has 0 unspecified atom stereocenters. The summed E-state index contributed by atoms with van der Waals surface area (Å²) in [7, 11) is 7.57. The largest absolute Gasteiger partial charge is 0.494 e. The van der Waals surface area contributed by atoms with E-state index in [9.17, 15) is 20.2 Å². The maximum Gasteiger partial charge on any atom is 0.494 e. The van der Waals surface area contributed by atoms with Crippen molar-refractivity contribution in [3.63, 3.8) is 0 Å². The summed E-state index contributed by atoms with van der Waals surface area (Å²) in [4.78, 5) is 20.6. The van der Waals surface area contributed by atoms with Gasteiger partial charge in [-0.25, -0.2) is 0 Å². The number of fused-ring (bicyclic) bond motifs is 2. The first-order valence-electron chi connectivity index (χ1n) is 20.1. The van der Waals surface area contributed by atoms with E-state index in [1.54, 1.807) is 79.7 Å². The van der Waals surface area contributed by atoms with Gasteiger partial charge in [0.1, 0.15) is 22.7 Å². The van der Waals surface area contributed by atoms with Crippen LogP contribution < -0.4 is 5.46 Å². The molecule has 4 radical (unpaired) electrons. The highest BCUT2D eigenvalue weighted by Gasteiger charge is 2.51. The van der Waals surface area contributed by atoms with Crippen molar-refractivity contribution in [1.29, 1.82) is 0 Å². The van der Waals surface area contributed by atoms with Crippen molar-refractivity contribution in [2.75, 3.05) is 0 Å². The Morgan fingerprint density at radius 3 is 1.20 bits per heavy atom. The number of hydrogen-bond acceptors (Lipinski definition) is 12. The van der Waals surface area contributed by atoms with Gasteiger partial charge in [0.25, 0.3) is 11.4 Å². The first-order chi connectivity index (χ1) is 29.3. The Bertz CT molecular complexity index is 2430. The van der Waals surface area contributed by atoms with Crippen molar-refractivity contribution in [3.05, 3.63) is 122 Å². The summed E-state index contributed by atoms with van der Waals surface area (Å²) < 4.78 is 24.8. The van der Waals surface area contributed by atoms with Gasteiger partial charge in [-0.15, -0.1) is 0 Å². The minimum absolute atomic E-state index is 0. The van der Waals surface area contributed by atoms with Gasteiger partial charge in [0.15, 0.2) is 0 Å². The number of furan rings is 2. The SMILES string of the molecule is C.CC(C)(O)C(C)(C)O.CC(C)(O)C(C)(C)O.CC1(C)OB(c2ccc3oc(-c4ccc([N+](=O)[O-])cc4)cc3c2)OC1(C)C.O=[N+]([O-])c1ccc(-c2cc3cc(Br)ccc3o2)cc1.[B][B]. The van der Waals surface area contributed by atoms with Gasteiger partial charge >= 0.3 is 7.12 Å². The Hall–Kier alpha value is -4.81. The molecule has 14 nitrogen and oxygen atoms in total. The Labute approximate surface area is 392 Å². The highest BCUT2D eigenvalue weighted by atomic mass is 79.9. The molecule has 0 atom stereocenters. The molecular formula is C47H60B3BrN2O12. The molecule has 346 valence electrons. The fourth-order valence-corrected chi connectivity index (χ4v) is 5.36. The van der Waals surface area contributed by atoms with Crippen LogP contribution in [0.1, 0.15) is 90.5 Å². The first kappa shape index (κ1) is 56.3. The third kappa shape index (κ3) is 14.8. The van der Waals surface area contributed by atoms with Crippen molar-refractivity contribution in [2.24, 2.45) is 0 Å². The van der Waals surface area contributed by atoms with E-state index in [0.29, 0.717) is 11.5 Å². The van der Waals surface area contributed by atoms with E-state index in [1.165, 1.54) is 24.3 Å². The third-order valence-electron chi connectivity index (χ3n) is 11.3. The van der Waals surface area contributed by atoms with Crippen LogP contribution in [0.15, 0.2) is 110 Å². The first-order valence-corrected chi connectivity index (χ1v) is 20.9. The Morgan fingerprint density at radius 1 is 0.554 bits per heavy atom. The topological polar surface area (TPSA) is 212 Å². The summed E-state index contributed by atoms with van der Waals surface area (Å²) in [6, 6.07) is 28.0. The lowest BCUT2D eigenvalue weighted by atomic mass is 9.79. The molecule has 65 heavy (non-hydrogen) atoms. The van der Waals surface area contributed by atoms with Crippen LogP contribution in [0.2, 0.25) is 0 Å². The third-order valence-corrected chi connectivity index (χ3v) is 11.8. The molecule has 4 aromatic carbocycles. The zero-order valence-electron chi connectivity index (χ0n) is 38.3. The predicted octanol–water partition coefficient (Wildman–Crippen LogP) is 10.0. The Kier molecular flexibility index (Phi) is 18.8. The molecule has 18 heteroatoms. The van der Waals surface area contributed by atoms with Crippen molar-refractivity contribution in [3.8, 4) is 22.6 Å². The minimum atomic E-state index is -1.01. The van der Waals surface area contributed by atoms with Gasteiger partial charge in [-0.3, -0.25) is 20.2 Å². The molecule has 1 aliphatic rings. The van der Waals surface area contributed by atoms with E-state index >= 15 is 0 Å². The zero-order chi connectivity index (χ0) is 48.8. The molecule has 4 N–H and O–H groups in total. The number of hydrogen-bond donors (Lipinski definition) is 4. The lowest BCUT2D eigenvalue weighted by molar-refractivity contribution is -0.385. The number of nitro benzene ring substituents is 2. The standard InChI is InChI=1S/C20H20BNO5.C14H8BrNO3.2C6H14O2.CH4.B2/c1-19(2)20(3,4)27-21(26-19)15-7-10-17-14(11-15)12-18(25-17)13-5-8-16(9-6-13)22(23)24;15-11-3-6-13-10(7-11)8-14(19-13)9-1-4-12(5-2-9)16(17)18;2*1-5(2,7)6(3,4)8;;1-2/h5-12H,1-4H3;1-8H;2*7-8H,1-4H3;1H4;. The second kappa shape index (κ2) is 21.7. The summed E-state index contributed by atoms with van der Waals surface area (Å²) >= 11 is 3.41. The van der Waals surface area contributed by atoms with Crippen LogP contribution in [-0.2, 0) is 9.31 Å². The van der Waals surface area contributed by atoms with Crippen molar-refractivity contribution < 1.29 is 48.4 Å². The van der Waals surface area contributed by atoms with Gasteiger partial charge < -0.3 is 38.6 Å². The molecule has 0 saturated carbocycles. The maximum atomic E-state index is 10.8. The molecule has 0 amide bonds. The summed E-state index contributed by atoms with van der Waals surface area (Å²) in [6.45, 7) is 20.7. The molecule has 0 aliphatic carbocycles. The molecule has 1 fully saturated rings. The summed E-state index contributed by atoms with van der Waals surface area (Å²) in [5.41, 5.74) is -0.635. The van der Waals surface area contributed by atoms with E-state index < -0.39 is 50.6 Å². The molecule has 6 aromatic rings. The number of aliphatic hydroxyl groups is 4. The van der Waals surface area contributed by atoms with Gasteiger partial charge in [-0.05, 0) is 149 Å². The van der Waals surface area contributed by atoms with Gasteiger partial charge in [0.2, 0.25) is 0 Å². The van der Waals surface area contributed by atoms with Crippen LogP contribution in [0.25, 0.3) is 44.6 Å². The normalized spacial score (nSPS) is 14.3. The lowest BCUT2D eigenvalue weighted by Gasteiger charge is -2.32. The fraction of sp³-hybridized carbons (Fsp3) is 0.404. The number of non-ortho nitro benzene ring substituents is 2. The van der Waals surface area contributed by atoms with Crippen LogP contribution in [0.3, 0.4) is 0 Å². The van der Waals surface area contributed by atoms with Crippen molar-refractivity contribution >= 4 is 77.3 Å².